The summed E-state index contributed by atoms with van der Waals surface area (Å²) in [7, 11) is 0. The van der Waals surface area contributed by atoms with E-state index in [2.05, 4.69) is 11.9 Å². The van der Waals surface area contributed by atoms with Crippen molar-refractivity contribution in [2.45, 2.75) is 13.8 Å². The fraction of sp³-hybridized carbons (Fsp3) is 0.231. The second kappa shape index (κ2) is 5.86. The summed E-state index contributed by atoms with van der Waals surface area (Å²) in [5, 5.41) is 11.5. The Morgan fingerprint density at radius 2 is 2.06 bits per heavy atom. The van der Waals surface area contributed by atoms with Crippen LogP contribution in [0.1, 0.15) is 21.5 Å². The van der Waals surface area contributed by atoms with E-state index in [4.69, 9.17) is 9.84 Å². The zero-order valence-corrected chi connectivity index (χ0v) is 10.3. The Kier molecular flexibility index (Phi) is 4.48. The summed E-state index contributed by atoms with van der Waals surface area (Å²) in [6, 6.07) is 2.99. The monoisotopic (exact) mass is 249 g/mol. The average Bonchev–Trinajstić information content (AvgIpc) is 2.32. The number of carbonyl (C=O) groups excluding carboxylic acids is 1. The lowest BCUT2D eigenvalue weighted by molar-refractivity contribution is 0.0696. The molecule has 0 aliphatic rings. The molecule has 1 amide bonds. The number of carboxylic acid groups (broad SMARTS) is 1. The standard InChI is InChI=1S/C13H15NO4/c1-4-7-18-13(17)14-11-6-5-10(12(15)16)8(2)9(11)3/h4-6H,1,7H2,2-3H3,(H,14,17)(H,15,16). The molecule has 0 saturated heterocycles. The van der Waals surface area contributed by atoms with Crippen molar-refractivity contribution in [3.05, 3.63) is 41.5 Å². The molecule has 2 N–H and O–H groups in total. The molecule has 0 atom stereocenters. The summed E-state index contributed by atoms with van der Waals surface area (Å²) >= 11 is 0. The molecule has 5 nitrogen and oxygen atoms in total. The number of amides is 1. The number of benzene rings is 1. The minimum atomic E-state index is -0.989. The van der Waals surface area contributed by atoms with Gasteiger partial charge in [-0.3, -0.25) is 5.32 Å². The number of aromatic carboxylic acids is 1. The number of ether oxygens (including phenoxy) is 1. The van der Waals surface area contributed by atoms with E-state index in [0.717, 1.165) is 0 Å². The van der Waals surface area contributed by atoms with Crippen LogP contribution in [0.25, 0.3) is 0 Å². The van der Waals surface area contributed by atoms with Gasteiger partial charge in [-0.05, 0) is 37.1 Å². The highest BCUT2D eigenvalue weighted by Gasteiger charge is 2.13. The number of nitrogens with one attached hydrogen (secondary N) is 1. The number of hydrogen-bond donors (Lipinski definition) is 2. The SMILES string of the molecule is C=CCOC(=O)Nc1ccc(C(=O)O)c(C)c1C. The Bertz CT molecular complexity index is 494. The van der Waals surface area contributed by atoms with Crippen LogP contribution in [0.2, 0.25) is 0 Å². The Morgan fingerprint density at radius 3 is 2.61 bits per heavy atom. The van der Waals surface area contributed by atoms with Crippen LogP contribution in [0.3, 0.4) is 0 Å². The molecule has 0 spiro atoms. The summed E-state index contributed by atoms with van der Waals surface area (Å²) in [5.41, 5.74) is 2.07. The van der Waals surface area contributed by atoms with Crippen LogP contribution < -0.4 is 5.32 Å². The van der Waals surface area contributed by atoms with Crippen LogP contribution in [0.4, 0.5) is 10.5 Å². The van der Waals surface area contributed by atoms with Crippen LogP contribution in [0.5, 0.6) is 0 Å². The smallest absolute Gasteiger partial charge is 0.411 e. The molecule has 0 fully saturated rings. The maximum absolute atomic E-state index is 11.4. The van der Waals surface area contributed by atoms with Gasteiger partial charge < -0.3 is 9.84 Å². The van der Waals surface area contributed by atoms with E-state index >= 15 is 0 Å². The van der Waals surface area contributed by atoms with Crippen molar-refractivity contribution in [3.63, 3.8) is 0 Å². The zero-order chi connectivity index (χ0) is 13.7. The highest BCUT2D eigenvalue weighted by atomic mass is 16.5. The molecule has 0 saturated carbocycles. The maximum Gasteiger partial charge on any atom is 0.411 e. The van der Waals surface area contributed by atoms with Crippen molar-refractivity contribution < 1.29 is 19.4 Å². The van der Waals surface area contributed by atoms with Gasteiger partial charge in [-0.25, -0.2) is 9.59 Å². The lowest BCUT2D eigenvalue weighted by Gasteiger charge is -2.12. The van der Waals surface area contributed by atoms with Gasteiger partial charge in [-0.1, -0.05) is 12.7 Å². The minimum Gasteiger partial charge on any atom is -0.478 e. The van der Waals surface area contributed by atoms with Crippen molar-refractivity contribution in [1.29, 1.82) is 0 Å². The Morgan fingerprint density at radius 1 is 1.39 bits per heavy atom. The zero-order valence-electron chi connectivity index (χ0n) is 10.3. The van der Waals surface area contributed by atoms with Crippen LogP contribution in [-0.2, 0) is 4.74 Å². The van der Waals surface area contributed by atoms with Gasteiger partial charge >= 0.3 is 12.1 Å². The Labute approximate surface area is 105 Å². The van der Waals surface area contributed by atoms with Crippen molar-refractivity contribution in [3.8, 4) is 0 Å². The first-order valence-corrected chi connectivity index (χ1v) is 5.35. The van der Waals surface area contributed by atoms with Crippen molar-refractivity contribution in [2.24, 2.45) is 0 Å². The molecular weight excluding hydrogens is 234 g/mol. The van der Waals surface area contributed by atoms with E-state index in [0.29, 0.717) is 16.8 Å². The largest absolute Gasteiger partial charge is 0.478 e. The first-order valence-electron chi connectivity index (χ1n) is 5.35. The molecule has 1 aromatic carbocycles. The minimum absolute atomic E-state index is 0.122. The lowest BCUT2D eigenvalue weighted by atomic mass is 10.0. The molecule has 0 aliphatic heterocycles. The summed E-state index contributed by atoms with van der Waals surface area (Å²) in [5.74, 6) is -0.989. The molecule has 1 aromatic rings. The normalized spacial score (nSPS) is 9.67. The van der Waals surface area contributed by atoms with E-state index in [1.54, 1.807) is 19.9 Å². The number of carboxylic acids is 1. The van der Waals surface area contributed by atoms with E-state index < -0.39 is 12.1 Å². The van der Waals surface area contributed by atoms with E-state index in [1.807, 2.05) is 0 Å². The molecule has 1 rings (SSSR count). The third-order valence-corrected chi connectivity index (χ3v) is 2.59. The summed E-state index contributed by atoms with van der Waals surface area (Å²) < 4.78 is 4.78. The van der Waals surface area contributed by atoms with Gasteiger partial charge in [0.1, 0.15) is 6.61 Å². The van der Waals surface area contributed by atoms with Gasteiger partial charge in [-0.15, -0.1) is 0 Å². The van der Waals surface area contributed by atoms with E-state index in [1.165, 1.54) is 12.1 Å². The van der Waals surface area contributed by atoms with Gasteiger partial charge in [0.15, 0.2) is 0 Å². The second-order valence-electron chi connectivity index (χ2n) is 3.73. The first kappa shape index (κ1) is 13.8. The van der Waals surface area contributed by atoms with E-state index in [9.17, 15) is 9.59 Å². The average molecular weight is 249 g/mol. The van der Waals surface area contributed by atoms with Crippen LogP contribution in [-0.4, -0.2) is 23.8 Å². The quantitative estimate of drug-likeness (QED) is 0.804. The summed E-state index contributed by atoms with van der Waals surface area (Å²) in [6.45, 7) is 6.99. The maximum atomic E-state index is 11.4. The highest BCUT2D eigenvalue weighted by molar-refractivity contribution is 5.92. The first-order chi connectivity index (χ1) is 8.47. The van der Waals surface area contributed by atoms with Gasteiger partial charge in [0, 0.05) is 5.69 Å². The molecule has 0 aliphatic carbocycles. The molecule has 96 valence electrons. The lowest BCUT2D eigenvalue weighted by Crippen LogP contribution is -2.15. The Hall–Kier alpha value is -2.30. The predicted molar refractivity (Wildman–Crippen MR) is 68.0 cm³/mol. The van der Waals surface area contributed by atoms with Crippen molar-refractivity contribution >= 4 is 17.7 Å². The third kappa shape index (κ3) is 3.10. The molecule has 0 unspecified atom stereocenters. The fourth-order valence-corrected chi connectivity index (χ4v) is 1.47. The fourth-order valence-electron chi connectivity index (χ4n) is 1.47. The van der Waals surface area contributed by atoms with Crippen molar-refractivity contribution in [1.82, 2.24) is 0 Å². The van der Waals surface area contributed by atoms with Gasteiger partial charge in [0.25, 0.3) is 0 Å². The number of hydrogen-bond acceptors (Lipinski definition) is 3. The van der Waals surface area contributed by atoms with E-state index in [-0.39, 0.29) is 12.2 Å². The number of carbonyl (C=O) groups is 2. The van der Waals surface area contributed by atoms with Crippen LogP contribution >= 0.6 is 0 Å². The van der Waals surface area contributed by atoms with Crippen LogP contribution in [0, 0.1) is 13.8 Å². The van der Waals surface area contributed by atoms with Gasteiger partial charge in [0.05, 0.1) is 5.56 Å². The predicted octanol–water partition coefficient (Wildman–Crippen LogP) is 2.74. The number of rotatable bonds is 4. The molecule has 0 radical (unpaired) electrons. The molecular formula is C13H15NO4. The highest BCUT2D eigenvalue weighted by Crippen LogP contribution is 2.22. The number of anilines is 1. The second-order valence-corrected chi connectivity index (χ2v) is 3.73. The molecule has 0 bridgehead atoms. The van der Waals surface area contributed by atoms with Crippen LogP contribution in [0.15, 0.2) is 24.8 Å². The third-order valence-electron chi connectivity index (χ3n) is 2.59. The molecule has 0 aromatic heterocycles. The van der Waals surface area contributed by atoms with Gasteiger partial charge in [0.2, 0.25) is 0 Å². The van der Waals surface area contributed by atoms with Crippen molar-refractivity contribution in [2.75, 3.05) is 11.9 Å². The summed E-state index contributed by atoms with van der Waals surface area (Å²) in [4.78, 5) is 22.3. The Balaban J connectivity index is 2.92. The summed E-state index contributed by atoms with van der Waals surface area (Å²) in [6.07, 6.45) is 0.867. The van der Waals surface area contributed by atoms with Gasteiger partial charge in [-0.2, -0.15) is 0 Å². The molecule has 0 heterocycles. The topological polar surface area (TPSA) is 75.6 Å². The molecule has 5 heteroatoms. The molecule has 18 heavy (non-hydrogen) atoms.